The van der Waals surface area contributed by atoms with Crippen LogP contribution >= 0.6 is 0 Å². The van der Waals surface area contributed by atoms with Gasteiger partial charge in [-0.05, 0) is 6.92 Å². The van der Waals surface area contributed by atoms with Crippen LogP contribution in [0, 0.1) is 0 Å². The van der Waals surface area contributed by atoms with Crippen molar-refractivity contribution in [2.45, 2.75) is 18.8 Å². The van der Waals surface area contributed by atoms with E-state index in [9.17, 15) is 5.11 Å². The minimum absolute atomic E-state index is 0.0959. The van der Waals surface area contributed by atoms with Gasteiger partial charge in [-0.3, -0.25) is 0 Å². The van der Waals surface area contributed by atoms with Crippen molar-refractivity contribution < 1.29 is 14.6 Å². The van der Waals surface area contributed by atoms with Crippen LogP contribution in [0.25, 0.3) is 22.5 Å². The van der Waals surface area contributed by atoms with Crippen LogP contribution in [0.1, 0.15) is 19.0 Å². The van der Waals surface area contributed by atoms with Crippen LogP contribution in [-0.4, -0.2) is 33.9 Å². The average molecular weight is 336 g/mol. The van der Waals surface area contributed by atoms with Gasteiger partial charge in [-0.25, -0.2) is 4.98 Å². The first-order valence-corrected chi connectivity index (χ1v) is 8.29. The van der Waals surface area contributed by atoms with Gasteiger partial charge in [0.25, 0.3) is 0 Å². The zero-order valence-electron chi connectivity index (χ0n) is 14.0. The zero-order valence-corrected chi connectivity index (χ0v) is 14.0. The van der Waals surface area contributed by atoms with Gasteiger partial charge in [0.15, 0.2) is 5.82 Å². The maximum Gasteiger partial charge on any atom is 0.218 e. The molecule has 0 saturated carbocycles. The van der Waals surface area contributed by atoms with E-state index in [1.807, 2.05) is 67.6 Å². The number of aliphatic hydroxyl groups excluding tert-OH is 1. The molecule has 0 radical (unpaired) electrons. The van der Waals surface area contributed by atoms with Crippen LogP contribution in [0.3, 0.4) is 0 Å². The minimum atomic E-state index is -0.697. The van der Waals surface area contributed by atoms with E-state index in [1.54, 1.807) is 0 Å². The molecule has 2 N–H and O–H groups in total. The van der Waals surface area contributed by atoms with E-state index in [-0.39, 0.29) is 6.61 Å². The Hall–Kier alpha value is -2.47. The van der Waals surface area contributed by atoms with Crippen molar-refractivity contribution >= 4 is 0 Å². The molecule has 0 amide bonds. The third-order valence-electron chi connectivity index (χ3n) is 4.32. The van der Waals surface area contributed by atoms with Crippen LogP contribution in [0.4, 0.5) is 0 Å². The number of nitrogens with zero attached hydrogens (tertiary/aromatic N) is 1. The van der Waals surface area contributed by atoms with E-state index < -0.39 is 11.9 Å². The fourth-order valence-electron chi connectivity index (χ4n) is 2.92. The van der Waals surface area contributed by atoms with Crippen molar-refractivity contribution in [2.75, 3.05) is 13.2 Å². The SMILES string of the molecule is C[C@]1(CO)COC(c2nc(-c3ccccc3)c(-c3ccccc3)[nH]2)O1. The number of benzene rings is 2. The number of aromatic nitrogens is 2. The molecule has 1 unspecified atom stereocenters. The molecule has 0 aliphatic carbocycles. The maximum absolute atomic E-state index is 9.47. The van der Waals surface area contributed by atoms with Crippen molar-refractivity contribution in [1.29, 1.82) is 0 Å². The normalized spacial score (nSPS) is 23.0. The second-order valence-electron chi connectivity index (χ2n) is 6.45. The van der Waals surface area contributed by atoms with Crippen molar-refractivity contribution in [3.8, 4) is 22.5 Å². The first kappa shape index (κ1) is 16.0. The highest BCUT2D eigenvalue weighted by Gasteiger charge is 2.39. The molecule has 4 rings (SSSR count). The molecule has 5 nitrogen and oxygen atoms in total. The molecule has 1 saturated heterocycles. The van der Waals surface area contributed by atoms with E-state index >= 15 is 0 Å². The Bertz CT molecular complexity index is 791. The number of rotatable bonds is 4. The van der Waals surface area contributed by atoms with Crippen LogP contribution < -0.4 is 0 Å². The Morgan fingerprint density at radius 1 is 1.08 bits per heavy atom. The number of aromatic amines is 1. The number of imidazole rings is 1. The van der Waals surface area contributed by atoms with E-state index in [0.29, 0.717) is 12.4 Å². The molecule has 2 heterocycles. The Labute approximate surface area is 146 Å². The number of H-pyrrole nitrogens is 1. The van der Waals surface area contributed by atoms with Gasteiger partial charge in [-0.1, -0.05) is 60.7 Å². The van der Waals surface area contributed by atoms with E-state index in [4.69, 9.17) is 14.5 Å². The fourth-order valence-corrected chi connectivity index (χ4v) is 2.92. The van der Waals surface area contributed by atoms with Gasteiger partial charge in [0.2, 0.25) is 6.29 Å². The predicted molar refractivity (Wildman–Crippen MR) is 94.7 cm³/mol. The van der Waals surface area contributed by atoms with Crippen molar-refractivity contribution in [3.63, 3.8) is 0 Å². The van der Waals surface area contributed by atoms with Crippen molar-refractivity contribution in [3.05, 3.63) is 66.5 Å². The van der Waals surface area contributed by atoms with Crippen LogP contribution in [0.5, 0.6) is 0 Å². The van der Waals surface area contributed by atoms with Gasteiger partial charge in [0.05, 0.1) is 24.6 Å². The average Bonchev–Trinajstić information content (AvgIpc) is 3.28. The highest BCUT2D eigenvalue weighted by molar-refractivity contribution is 5.78. The molecule has 3 aromatic rings. The Balaban J connectivity index is 1.77. The molecule has 0 bridgehead atoms. The van der Waals surface area contributed by atoms with Gasteiger partial charge in [-0.15, -0.1) is 0 Å². The molecule has 2 aromatic carbocycles. The molecule has 25 heavy (non-hydrogen) atoms. The van der Waals surface area contributed by atoms with Crippen LogP contribution in [0.15, 0.2) is 60.7 Å². The first-order valence-electron chi connectivity index (χ1n) is 8.29. The maximum atomic E-state index is 9.47. The van der Waals surface area contributed by atoms with Gasteiger partial charge in [-0.2, -0.15) is 0 Å². The Morgan fingerprint density at radius 3 is 2.32 bits per heavy atom. The molecule has 5 heteroatoms. The number of hydrogen-bond donors (Lipinski definition) is 2. The second kappa shape index (κ2) is 6.44. The largest absolute Gasteiger partial charge is 0.393 e. The summed E-state index contributed by atoms with van der Waals surface area (Å²) in [7, 11) is 0. The molecular weight excluding hydrogens is 316 g/mol. The first-order chi connectivity index (χ1) is 12.2. The van der Waals surface area contributed by atoms with Gasteiger partial charge >= 0.3 is 0 Å². The summed E-state index contributed by atoms with van der Waals surface area (Å²) in [5.41, 5.74) is 3.14. The number of aliphatic hydroxyl groups is 1. The highest BCUT2D eigenvalue weighted by Crippen LogP contribution is 2.36. The summed E-state index contributed by atoms with van der Waals surface area (Å²) in [5.74, 6) is 0.606. The topological polar surface area (TPSA) is 67.4 Å². The summed E-state index contributed by atoms with van der Waals surface area (Å²) >= 11 is 0. The number of hydrogen-bond acceptors (Lipinski definition) is 4. The lowest BCUT2D eigenvalue weighted by molar-refractivity contribution is -0.104. The standard InChI is InChI=1S/C20H20N2O3/c1-20(12-23)13-24-19(25-20)18-21-16(14-8-4-2-5-9-14)17(22-18)15-10-6-3-7-11-15/h2-11,19,23H,12-13H2,1H3,(H,21,22)/t19?,20-/m0/s1. The summed E-state index contributed by atoms with van der Waals surface area (Å²) in [5, 5.41) is 9.47. The smallest absolute Gasteiger partial charge is 0.218 e. The lowest BCUT2D eigenvalue weighted by Crippen LogP contribution is -2.31. The molecular formula is C20H20N2O3. The molecule has 1 aromatic heterocycles. The van der Waals surface area contributed by atoms with Crippen molar-refractivity contribution in [1.82, 2.24) is 9.97 Å². The molecule has 128 valence electrons. The molecule has 1 fully saturated rings. The Morgan fingerprint density at radius 2 is 1.72 bits per heavy atom. The quantitative estimate of drug-likeness (QED) is 0.765. The molecule has 1 aliphatic heterocycles. The van der Waals surface area contributed by atoms with Crippen LogP contribution in [0.2, 0.25) is 0 Å². The third kappa shape index (κ3) is 3.09. The van der Waals surface area contributed by atoms with E-state index in [1.165, 1.54) is 0 Å². The Kier molecular flexibility index (Phi) is 4.13. The predicted octanol–water partition coefficient (Wildman–Crippen LogP) is 3.54. The third-order valence-corrected chi connectivity index (χ3v) is 4.32. The monoisotopic (exact) mass is 336 g/mol. The van der Waals surface area contributed by atoms with Gasteiger partial charge < -0.3 is 19.6 Å². The fraction of sp³-hybridized carbons (Fsp3) is 0.250. The summed E-state index contributed by atoms with van der Waals surface area (Å²) in [4.78, 5) is 8.11. The number of nitrogens with one attached hydrogen (secondary N) is 1. The molecule has 2 atom stereocenters. The molecule has 0 spiro atoms. The highest BCUT2D eigenvalue weighted by atomic mass is 16.7. The summed E-state index contributed by atoms with van der Waals surface area (Å²) in [6.45, 7) is 2.06. The van der Waals surface area contributed by atoms with E-state index in [0.717, 1.165) is 22.5 Å². The second-order valence-corrected chi connectivity index (χ2v) is 6.45. The van der Waals surface area contributed by atoms with E-state index in [2.05, 4.69) is 4.98 Å². The van der Waals surface area contributed by atoms with Crippen LogP contribution in [-0.2, 0) is 9.47 Å². The minimum Gasteiger partial charge on any atom is -0.393 e. The number of ether oxygens (including phenoxy) is 2. The molecule has 1 aliphatic rings. The summed E-state index contributed by atoms with van der Waals surface area (Å²) in [6.07, 6.45) is -0.614. The summed E-state index contributed by atoms with van der Waals surface area (Å²) in [6, 6.07) is 20.1. The summed E-state index contributed by atoms with van der Waals surface area (Å²) < 4.78 is 11.6. The van der Waals surface area contributed by atoms with Gasteiger partial charge in [0.1, 0.15) is 5.60 Å². The lowest BCUT2D eigenvalue weighted by Gasteiger charge is -2.18. The zero-order chi connectivity index (χ0) is 17.3. The van der Waals surface area contributed by atoms with Gasteiger partial charge in [0, 0.05) is 11.1 Å². The lowest BCUT2D eigenvalue weighted by atomic mass is 10.1. The van der Waals surface area contributed by atoms with Crippen molar-refractivity contribution in [2.24, 2.45) is 0 Å².